The molecule has 0 aliphatic heterocycles. The Hall–Kier alpha value is -0.980. The summed E-state index contributed by atoms with van der Waals surface area (Å²) in [5.74, 6) is 0. The van der Waals surface area contributed by atoms with Gasteiger partial charge in [0.15, 0.2) is 6.20 Å². The number of carbonyl (C=O) groups excluding carboxylic acids is 1. The fourth-order valence-corrected chi connectivity index (χ4v) is 1.58. The van der Waals surface area contributed by atoms with Gasteiger partial charge in [-0.3, -0.25) is 4.79 Å². The predicted octanol–water partition coefficient (Wildman–Crippen LogP) is -0.339. The van der Waals surface area contributed by atoms with E-state index in [9.17, 15) is 17.8 Å². The summed E-state index contributed by atoms with van der Waals surface area (Å²) in [5, 5.41) is -1.000. The third kappa shape index (κ3) is 2.24. The van der Waals surface area contributed by atoms with Gasteiger partial charge >= 0.3 is 15.5 Å². The molecule has 0 amide bonds. The van der Waals surface area contributed by atoms with Gasteiger partial charge in [0, 0.05) is 12.1 Å². The summed E-state index contributed by atoms with van der Waals surface area (Å²) in [6.07, 6.45) is 0.956. The van der Waals surface area contributed by atoms with E-state index >= 15 is 0 Å². The van der Waals surface area contributed by atoms with Crippen LogP contribution >= 0.6 is 11.6 Å². The van der Waals surface area contributed by atoms with Crippen molar-refractivity contribution in [3.05, 3.63) is 30.1 Å². The number of halogens is 1. The Balaban J connectivity index is 3.46. The number of pyridine rings is 1. The summed E-state index contributed by atoms with van der Waals surface area (Å²) in [4.78, 5) is 10.7. The number of carbonyl (C=O) groups is 1. The van der Waals surface area contributed by atoms with Gasteiger partial charge in [-0.15, -0.1) is 0 Å². The number of aromatic nitrogens is 1. The van der Waals surface area contributed by atoms with Gasteiger partial charge in [0.05, 0.1) is 0 Å². The van der Waals surface area contributed by atoms with Crippen LogP contribution in [0.5, 0.6) is 0 Å². The second-order valence-corrected chi connectivity index (χ2v) is 3.71. The molecule has 0 aromatic carbocycles. The molecule has 70 valence electrons. The SMILES string of the molecule is O=C(Cl)c1cccc[n+]1S(=O)(=O)[O-]. The molecule has 0 fully saturated rings. The highest BCUT2D eigenvalue weighted by atomic mass is 35.5. The van der Waals surface area contributed by atoms with Crippen LogP contribution in [0.4, 0.5) is 0 Å². The average Bonchev–Trinajstić information content (AvgIpc) is 2.03. The van der Waals surface area contributed by atoms with E-state index in [1.807, 2.05) is 0 Å². The molecule has 7 heteroatoms. The number of hydrogen-bond acceptors (Lipinski definition) is 4. The van der Waals surface area contributed by atoms with E-state index in [1.165, 1.54) is 12.1 Å². The summed E-state index contributed by atoms with van der Waals surface area (Å²) in [6.45, 7) is 0. The van der Waals surface area contributed by atoms with E-state index in [-0.39, 0.29) is 9.67 Å². The van der Waals surface area contributed by atoms with E-state index in [4.69, 9.17) is 11.6 Å². The molecule has 0 saturated heterocycles. The van der Waals surface area contributed by atoms with Crippen molar-refractivity contribution in [2.24, 2.45) is 0 Å². The van der Waals surface area contributed by atoms with Crippen molar-refractivity contribution >= 4 is 27.1 Å². The quantitative estimate of drug-likeness (QED) is 0.389. The Morgan fingerprint density at radius 1 is 1.46 bits per heavy atom. The minimum Gasteiger partial charge on any atom is -0.693 e. The first kappa shape index (κ1) is 10.1. The van der Waals surface area contributed by atoms with Gasteiger partial charge in [-0.05, 0) is 17.7 Å². The van der Waals surface area contributed by atoms with Gasteiger partial charge < -0.3 is 4.55 Å². The third-order valence-corrected chi connectivity index (χ3v) is 2.26. The maximum absolute atomic E-state index is 10.7. The molecule has 1 aromatic heterocycles. The van der Waals surface area contributed by atoms with Crippen LogP contribution < -0.4 is 3.97 Å². The largest absolute Gasteiger partial charge is 0.693 e. The van der Waals surface area contributed by atoms with Gasteiger partial charge in [-0.1, -0.05) is 3.97 Å². The predicted molar refractivity (Wildman–Crippen MR) is 41.9 cm³/mol. The summed E-state index contributed by atoms with van der Waals surface area (Å²) >= 11 is 5.05. The lowest BCUT2D eigenvalue weighted by molar-refractivity contribution is -0.522. The highest BCUT2D eigenvalue weighted by Gasteiger charge is 2.20. The zero-order valence-electron chi connectivity index (χ0n) is 6.18. The highest BCUT2D eigenvalue weighted by molar-refractivity contribution is 7.79. The second-order valence-electron chi connectivity index (χ2n) is 2.11. The summed E-state index contributed by atoms with van der Waals surface area (Å²) in [7, 11) is -4.72. The maximum Gasteiger partial charge on any atom is 0.330 e. The maximum atomic E-state index is 10.7. The van der Waals surface area contributed by atoms with Crippen molar-refractivity contribution in [3.8, 4) is 0 Å². The van der Waals surface area contributed by atoms with Crippen LogP contribution in [-0.2, 0) is 10.3 Å². The zero-order valence-corrected chi connectivity index (χ0v) is 7.75. The fraction of sp³-hybridized carbons (Fsp3) is 0. The van der Waals surface area contributed by atoms with E-state index in [2.05, 4.69) is 0 Å². The summed E-state index contributed by atoms with van der Waals surface area (Å²) < 4.78 is 31.9. The van der Waals surface area contributed by atoms with Crippen LogP contribution in [0.2, 0.25) is 0 Å². The van der Waals surface area contributed by atoms with Crippen molar-refractivity contribution in [3.63, 3.8) is 0 Å². The molecule has 0 spiro atoms. The Kier molecular flexibility index (Phi) is 2.65. The van der Waals surface area contributed by atoms with Gasteiger partial charge in [0.25, 0.3) is 5.69 Å². The molecule has 1 aromatic rings. The molecule has 0 aliphatic carbocycles. The number of nitrogens with zero attached hydrogens (tertiary/aromatic N) is 1. The van der Waals surface area contributed by atoms with Crippen molar-refractivity contribution in [2.45, 2.75) is 0 Å². The minimum absolute atomic E-state index is 0.280. The van der Waals surface area contributed by atoms with Gasteiger partial charge in [0.1, 0.15) is 0 Å². The molecule has 0 bridgehead atoms. The molecular formula is C6H4ClNO4S. The molecule has 5 nitrogen and oxygen atoms in total. The topological polar surface area (TPSA) is 78.1 Å². The molecule has 0 N–H and O–H groups in total. The molecule has 13 heavy (non-hydrogen) atoms. The first-order chi connectivity index (χ1) is 5.93. The van der Waals surface area contributed by atoms with Crippen molar-refractivity contribution < 1.29 is 21.7 Å². The van der Waals surface area contributed by atoms with Crippen LogP contribution in [0.3, 0.4) is 0 Å². The fourth-order valence-electron chi connectivity index (χ4n) is 0.775. The Morgan fingerprint density at radius 2 is 2.08 bits per heavy atom. The smallest absolute Gasteiger partial charge is 0.330 e. The average molecular weight is 222 g/mol. The summed E-state index contributed by atoms with van der Waals surface area (Å²) in [5.41, 5.74) is -0.376. The number of hydrogen-bond donors (Lipinski definition) is 0. The normalized spacial score (nSPS) is 11.2. The summed E-state index contributed by atoms with van der Waals surface area (Å²) in [6, 6.07) is 3.85. The lowest BCUT2D eigenvalue weighted by Gasteiger charge is -2.01. The van der Waals surface area contributed by atoms with E-state index in [0.717, 1.165) is 12.3 Å². The van der Waals surface area contributed by atoms with Crippen LogP contribution in [0.1, 0.15) is 10.5 Å². The van der Waals surface area contributed by atoms with Crippen LogP contribution in [0, 0.1) is 0 Å². The molecular weight excluding hydrogens is 218 g/mol. The first-order valence-electron chi connectivity index (χ1n) is 3.10. The van der Waals surface area contributed by atoms with Gasteiger partial charge in [-0.25, -0.2) is 0 Å². The Bertz CT molecular complexity index is 442. The molecule has 0 atom stereocenters. The molecule has 0 radical (unpaired) electrons. The van der Waals surface area contributed by atoms with Crippen LogP contribution in [-0.4, -0.2) is 18.2 Å². The Morgan fingerprint density at radius 3 is 2.46 bits per heavy atom. The van der Waals surface area contributed by atoms with Crippen molar-refractivity contribution in [1.29, 1.82) is 0 Å². The second kappa shape index (κ2) is 3.41. The molecule has 1 rings (SSSR count). The van der Waals surface area contributed by atoms with Gasteiger partial charge in [-0.2, -0.15) is 8.42 Å². The lowest BCUT2D eigenvalue weighted by Crippen LogP contribution is -2.46. The van der Waals surface area contributed by atoms with Gasteiger partial charge in [0.2, 0.25) is 0 Å². The van der Waals surface area contributed by atoms with E-state index < -0.39 is 15.5 Å². The molecule has 0 saturated carbocycles. The monoisotopic (exact) mass is 221 g/mol. The molecule has 1 heterocycles. The molecule has 0 aliphatic rings. The van der Waals surface area contributed by atoms with Crippen LogP contribution in [0.25, 0.3) is 0 Å². The number of rotatable bonds is 2. The third-order valence-electron chi connectivity index (χ3n) is 1.27. The highest BCUT2D eigenvalue weighted by Crippen LogP contribution is 1.97. The molecule has 0 unspecified atom stereocenters. The van der Waals surface area contributed by atoms with Crippen molar-refractivity contribution in [2.75, 3.05) is 0 Å². The minimum atomic E-state index is -4.72. The van der Waals surface area contributed by atoms with Crippen LogP contribution in [0.15, 0.2) is 24.4 Å². The van der Waals surface area contributed by atoms with E-state index in [0.29, 0.717) is 0 Å². The zero-order chi connectivity index (χ0) is 10.1. The van der Waals surface area contributed by atoms with Crippen molar-refractivity contribution in [1.82, 2.24) is 0 Å². The standard InChI is InChI=1S/C6H4ClNO4S/c7-6(9)5-3-1-2-4-8(5)13(10,11)12/h1-4H. The van der Waals surface area contributed by atoms with E-state index in [1.54, 1.807) is 0 Å². The Labute approximate surface area is 79.5 Å². The first-order valence-corrected chi connectivity index (χ1v) is 4.84. The lowest BCUT2D eigenvalue weighted by atomic mass is 10.4.